The molecule has 0 saturated heterocycles. The maximum atomic E-state index is 13.1. The Bertz CT molecular complexity index is 1100. The van der Waals surface area contributed by atoms with Crippen molar-refractivity contribution < 1.29 is 24.3 Å². The fourth-order valence-electron chi connectivity index (χ4n) is 3.77. The Morgan fingerprint density at radius 3 is 2.38 bits per heavy atom. The Hall–Kier alpha value is -3.88. The molecule has 0 saturated carbocycles. The van der Waals surface area contributed by atoms with Crippen molar-refractivity contribution in [1.29, 1.82) is 0 Å². The number of carboxylic acids is 1. The zero-order chi connectivity index (χ0) is 23.6. The first-order chi connectivity index (χ1) is 15.1. The van der Waals surface area contributed by atoms with Crippen LogP contribution in [0.25, 0.3) is 5.69 Å². The van der Waals surface area contributed by atoms with Gasteiger partial charge >= 0.3 is 12.0 Å². The fraction of sp³-hybridized carbons (Fsp3) is 0.304. The van der Waals surface area contributed by atoms with Crippen LogP contribution in [0.1, 0.15) is 24.7 Å². The smallest absolute Gasteiger partial charge is 0.323 e. The van der Waals surface area contributed by atoms with Gasteiger partial charge in [-0.15, -0.1) is 0 Å². The first-order valence-electron chi connectivity index (χ1n) is 10.2. The van der Waals surface area contributed by atoms with Gasteiger partial charge in [0.25, 0.3) is 5.91 Å². The number of nitrogens with zero attached hydrogens (tertiary/aromatic N) is 3. The van der Waals surface area contributed by atoms with Crippen LogP contribution in [-0.4, -0.2) is 57.9 Å². The minimum absolute atomic E-state index is 0.139. The molecule has 1 aromatic heterocycles. The molecule has 2 aromatic rings. The van der Waals surface area contributed by atoms with Gasteiger partial charge < -0.3 is 19.9 Å². The highest BCUT2D eigenvalue weighted by molar-refractivity contribution is 6.21. The number of aryl methyl sites for hydroxylation is 2. The summed E-state index contributed by atoms with van der Waals surface area (Å²) in [4.78, 5) is 52.3. The lowest BCUT2D eigenvalue weighted by Crippen LogP contribution is -2.58. The molecule has 0 spiro atoms. The molecule has 0 fully saturated rings. The van der Waals surface area contributed by atoms with Gasteiger partial charge in [-0.1, -0.05) is 6.07 Å². The number of hydrogen-bond acceptors (Lipinski definition) is 4. The average molecular weight is 438 g/mol. The van der Waals surface area contributed by atoms with Crippen LogP contribution in [0.4, 0.5) is 10.5 Å². The van der Waals surface area contributed by atoms with Crippen molar-refractivity contribution in [2.45, 2.75) is 33.2 Å². The Kier molecular flexibility index (Phi) is 6.47. The number of amides is 3. The van der Waals surface area contributed by atoms with Crippen LogP contribution in [-0.2, 0) is 14.4 Å². The molecule has 0 unspecified atom stereocenters. The summed E-state index contributed by atoms with van der Waals surface area (Å²) in [5, 5.41) is 11.4. The molecule has 2 heterocycles. The summed E-state index contributed by atoms with van der Waals surface area (Å²) in [6.45, 7) is 5.35. The van der Waals surface area contributed by atoms with E-state index in [0.29, 0.717) is 11.3 Å². The van der Waals surface area contributed by atoms with E-state index in [1.54, 1.807) is 25.1 Å². The fourth-order valence-corrected chi connectivity index (χ4v) is 3.77. The summed E-state index contributed by atoms with van der Waals surface area (Å²) < 4.78 is 1.99. The zero-order valence-corrected chi connectivity index (χ0v) is 18.5. The van der Waals surface area contributed by atoms with Gasteiger partial charge in [0.05, 0.1) is 6.42 Å². The molecule has 3 amide bonds. The molecule has 168 valence electrons. The molecule has 3 rings (SSSR count). The number of likely N-dealkylation sites (N-methyl/N-ethyl adjacent to an activating group) is 1. The van der Waals surface area contributed by atoms with Crippen LogP contribution in [0.5, 0.6) is 0 Å². The molecule has 1 aromatic carbocycles. The molecule has 9 nitrogen and oxygen atoms in total. The summed E-state index contributed by atoms with van der Waals surface area (Å²) in [6.07, 6.45) is 1.15. The Balaban J connectivity index is 2.07. The number of hydrogen-bond donors (Lipinski definition) is 2. The summed E-state index contributed by atoms with van der Waals surface area (Å²) in [5.74, 6) is -2.10. The summed E-state index contributed by atoms with van der Waals surface area (Å²) in [5.41, 5.74) is 3.43. The monoisotopic (exact) mass is 438 g/mol. The average Bonchev–Trinajstić information content (AvgIpc) is 3.07. The number of aromatic nitrogens is 1. The highest BCUT2D eigenvalue weighted by Crippen LogP contribution is 2.27. The predicted octanol–water partition coefficient (Wildman–Crippen LogP) is 2.40. The highest BCUT2D eigenvalue weighted by Gasteiger charge is 2.41. The van der Waals surface area contributed by atoms with Gasteiger partial charge in [-0.25, -0.2) is 4.79 Å². The van der Waals surface area contributed by atoms with Crippen LogP contribution in [0, 0.1) is 13.8 Å². The number of aliphatic carboxylic acids is 1. The van der Waals surface area contributed by atoms with Crippen molar-refractivity contribution in [1.82, 2.24) is 14.8 Å². The van der Waals surface area contributed by atoms with Crippen LogP contribution < -0.4 is 10.2 Å². The van der Waals surface area contributed by atoms with Gasteiger partial charge in [-0.3, -0.25) is 19.3 Å². The second kappa shape index (κ2) is 9.09. The Labute approximate surface area is 185 Å². The van der Waals surface area contributed by atoms with E-state index in [4.69, 9.17) is 5.11 Å². The number of rotatable bonds is 6. The van der Waals surface area contributed by atoms with E-state index < -0.39 is 29.7 Å². The number of benzene rings is 1. The Morgan fingerprint density at radius 1 is 1.09 bits per heavy atom. The molecule has 2 N–H and O–H groups in total. The molecule has 1 aliphatic rings. The third-order valence-corrected chi connectivity index (χ3v) is 5.34. The highest BCUT2D eigenvalue weighted by atomic mass is 16.4. The SMILES string of the molecule is CC1=CN(C)C(=O)[C@@H](N(C(=O)NCCC(=O)O)c2cccc(-n3c(C)ccc3C)c2)C1=O. The summed E-state index contributed by atoms with van der Waals surface area (Å²) in [6, 6.07) is 8.80. The standard InChI is InChI=1S/C23H26N4O5/c1-14-13-25(4)22(31)20(21(14)30)27(23(32)24-11-10-19(28)29)18-7-5-6-17(12-18)26-15(2)8-9-16(26)3/h5-9,12-13,20H,10-11H2,1-4H3,(H,24,32)(H,28,29)/t20-/m0/s1. The van der Waals surface area contributed by atoms with Crippen molar-refractivity contribution in [3.63, 3.8) is 0 Å². The number of anilines is 1. The first kappa shape index (κ1) is 22.8. The first-order valence-corrected chi connectivity index (χ1v) is 10.2. The third kappa shape index (κ3) is 4.41. The molecule has 1 atom stereocenters. The maximum Gasteiger partial charge on any atom is 0.323 e. The predicted molar refractivity (Wildman–Crippen MR) is 119 cm³/mol. The van der Waals surface area contributed by atoms with E-state index in [0.717, 1.165) is 22.0 Å². The van der Waals surface area contributed by atoms with Crippen molar-refractivity contribution in [3.8, 4) is 5.69 Å². The third-order valence-electron chi connectivity index (χ3n) is 5.34. The normalized spacial score (nSPS) is 16.1. The number of urea groups is 1. The summed E-state index contributed by atoms with van der Waals surface area (Å²) in [7, 11) is 1.52. The lowest BCUT2D eigenvalue weighted by Gasteiger charge is -2.34. The number of ketones is 1. The van der Waals surface area contributed by atoms with E-state index in [1.807, 2.05) is 36.6 Å². The van der Waals surface area contributed by atoms with Gasteiger partial charge in [-0.05, 0) is 51.1 Å². The lowest BCUT2D eigenvalue weighted by molar-refractivity contribution is -0.137. The van der Waals surface area contributed by atoms with Crippen LogP contribution >= 0.6 is 0 Å². The van der Waals surface area contributed by atoms with E-state index in [-0.39, 0.29) is 13.0 Å². The van der Waals surface area contributed by atoms with E-state index >= 15 is 0 Å². The van der Waals surface area contributed by atoms with Crippen molar-refractivity contribution in [2.75, 3.05) is 18.5 Å². The topological polar surface area (TPSA) is 112 Å². The van der Waals surface area contributed by atoms with Crippen LogP contribution in [0.2, 0.25) is 0 Å². The van der Waals surface area contributed by atoms with Gasteiger partial charge in [0.15, 0.2) is 11.8 Å². The zero-order valence-electron chi connectivity index (χ0n) is 18.5. The molecule has 0 bridgehead atoms. The molecule has 9 heteroatoms. The molecule has 0 aliphatic carbocycles. The molecule has 32 heavy (non-hydrogen) atoms. The minimum Gasteiger partial charge on any atom is -0.481 e. The lowest BCUT2D eigenvalue weighted by atomic mass is 9.99. The quantitative estimate of drug-likeness (QED) is 0.673. The minimum atomic E-state index is -1.39. The number of carboxylic acid groups (broad SMARTS) is 1. The molecular formula is C23H26N4O5. The number of carbonyl (C=O) groups is 4. The summed E-state index contributed by atoms with van der Waals surface area (Å²) >= 11 is 0. The number of nitrogens with one attached hydrogen (secondary N) is 1. The van der Waals surface area contributed by atoms with Gasteiger partial charge in [-0.2, -0.15) is 0 Å². The Morgan fingerprint density at radius 2 is 1.75 bits per heavy atom. The van der Waals surface area contributed by atoms with E-state index in [2.05, 4.69) is 5.32 Å². The van der Waals surface area contributed by atoms with E-state index in [1.165, 1.54) is 18.1 Å². The van der Waals surface area contributed by atoms with Gasteiger partial charge in [0, 0.05) is 48.1 Å². The van der Waals surface area contributed by atoms with E-state index in [9.17, 15) is 19.2 Å². The largest absolute Gasteiger partial charge is 0.481 e. The molecule has 0 radical (unpaired) electrons. The number of Topliss-reactive ketones (excluding diaryl/α,β-unsaturated/α-hetero) is 1. The van der Waals surface area contributed by atoms with Crippen molar-refractivity contribution in [3.05, 3.63) is 59.6 Å². The van der Waals surface area contributed by atoms with Crippen molar-refractivity contribution in [2.24, 2.45) is 0 Å². The second-order valence-electron chi connectivity index (χ2n) is 7.75. The van der Waals surface area contributed by atoms with Gasteiger partial charge in [0.1, 0.15) is 0 Å². The van der Waals surface area contributed by atoms with Crippen LogP contribution in [0.15, 0.2) is 48.2 Å². The molecular weight excluding hydrogens is 412 g/mol. The van der Waals surface area contributed by atoms with Crippen molar-refractivity contribution >= 4 is 29.4 Å². The molecule has 1 aliphatic heterocycles. The number of carbonyl (C=O) groups excluding carboxylic acids is 3. The maximum absolute atomic E-state index is 13.1. The van der Waals surface area contributed by atoms with Gasteiger partial charge in [0.2, 0.25) is 0 Å². The second-order valence-corrected chi connectivity index (χ2v) is 7.75. The van der Waals surface area contributed by atoms with Crippen LogP contribution in [0.3, 0.4) is 0 Å².